The number of aromatic carboxylic acids is 1. The largest absolute Gasteiger partial charge is 0.476 e. The van der Waals surface area contributed by atoms with Gasteiger partial charge in [0.1, 0.15) is 5.75 Å². The van der Waals surface area contributed by atoms with Crippen molar-refractivity contribution in [3.05, 3.63) is 47.8 Å². The molecule has 0 bridgehead atoms. The molecule has 0 atom stereocenters. The molecule has 1 aromatic carbocycles. The highest BCUT2D eigenvalue weighted by Gasteiger charge is 2.16. The standard InChI is InChI=1S/C15H13F2N3O4/c1-20-13(14(22)23)11(8-18-20)19-12(21)7-4-9-2-5-10(6-3-9)24-15(16)17/h2-8,15H,1H3,(H,19,21)(H,22,23)/b7-4-. The molecule has 0 aliphatic rings. The molecular formula is C15H13F2N3O4. The molecule has 0 unspecified atom stereocenters. The number of nitrogens with one attached hydrogen (secondary N) is 1. The lowest BCUT2D eigenvalue weighted by molar-refractivity contribution is -0.111. The van der Waals surface area contributed by atoms with Crippen LogP contribution in [0.3, 0.4) is 0 Å². The summed E-state index contributed by atoms with van der Waals surface area (Å²) >= 11 is 0. The van der Waals surface area contributed by atoms with E-state index in [0.717, 1.165) is 4.68 Å². The van der Waals surface area contributed by atoms with E-state index in [1.165, 1.54) is 49.7 Å². The minimum atomic E-state index is -2.90. The number of halogens is 2. The molecule has 0 aliphatic carbocycles. The fourth-order valence-corrected chi connectivity index (χ4v) is 1.89. The van der Waals surface area contributed by atoms with Gasteiger partial charge in [0.2, 0.25) is 5.91 Å². The van der Waals surface area contributed by atoms with Crippen molar-refractivity contribution in [1.29, 1.82) is 0 Å². The van der Waals surface area contributed by atoms with Crippen LogP contribution in [0.4, 0.5) is 14.5 Å². The van der Waals surface area contributed by atoms with E-state index in [0.29, 0.717) is 5.56 Å². The number of nitrogens with zero attached hydrogens (tertiary/aromatic N) is 2. The molecule has 2 aromatic rings. The number of hydrogen-bond acceptors (Lipinski definition) is 4. The molecule has 1 aromatic heterocycles. The third kappa shape index (κ3) is 4.38. The number of ether oxygens (including phenoxy) is 1. The Morgan fingerprint density at radius 2 is 2.00 bits per heavy atom. The summed E-state index contributed by atoms with van der Waals surface area (Å²) in [5, 5.41) is 15.2. The maximum absolute atomic E-state index is 12.0. The molecule has 7 nitrogen and oxygen atoms in total. The van der Waals surface area contributed by atoms with E-state index in [1.807, 2.05) is 0 Å². The number of carboxylic acid groups (broad SMARTS) is 1. The van der Waals surface area contributed by atoms with Crippen LogP contribution in [0.1, 0.15) is 16.1 Å². The Labute approximate surface area is 135 Å². The van der Waals surface area contributed by atoms with Crippen LogP contribution in [0.25, 0.3) is 6.08 Å². The number of hydrogen-bond donors (Lipinski definition) is 2. The summed E-state index contributed by atoms with van der Waals surface area (Å²) < 4.78 is 29.4. The zero-order valence-corrected chi connectivity index (χ0v) is 12.4. The molecule has 0 aliphatic heterocycles. The second kappa shape index (κ2) is 7.36. The Hall–Kier alpha value is -3.23. The molecule has 126 valence electrons. The number of carbonyl (C=O) groups excluding carboxylic acids is 1. The lowest BCUT2D eigenvalue weighted by atomic mass is 10.2. The lowest BCUT2D eigenvalue weighted by Gasteiger charge is -2.04. The molecule has 0 fully saturated rings. The topological polar surface area (TPSA) is 93.5 Å². The van der Waals surface area contributed by atoms with Crippen molar-refractivity contribution in [2.75, 3.05) is 5.32 Å². The highest BCUT2D eigenvalue weighted by Crippen LogP contribution is 2.16. The maximum Gasteiger partial charge on any atom is 0.387 e. The summed E-state index contributed by atoms with van der Waals surface area (Å²) in [6.45, 7) is -2.90. The van der Waals surface area contributed by atoms with Gasteiger partial charge >= 0.3 is 12.6 Å². The van der Waals surface area contributed by atoms with Crippen molar-refractivity contribution in [2.24, 2.45) is 7.05 Å². The van der Waals surface area contributed by atoms with E-state index in [2.05, 4.69) is 15.2 Å². The quantitative estimate of drug-likeness (QED) is 0.789. The maximum atomic E-state index is 12.0. The van der Waals surface area contributed by atoms with Gasteiger partial charge in [-0.05, 0) is 23.8 Å². The average molecular weight is 337 g/mol. The van der Waals surface area contributed by atoms with Crippen LogP contribution in [0.5, 0.6) is 5.75 Å². The van der Waals surface area contributed by atoms with Crippen LogP contribution in [-0.4, -0.2) is 33.4 Å². The Morgan fingerprint density at radius 1 is 1.33 bits per heavy atom. The summed E-state index contributed by atoms with van der Waals surface area (Å²) in [7, 11) is 1.44. The minimum absolute atomic E-state index is 0.00746. The molecule has 1 amide bonds. The number of benzene rings is 1. The Balaban J connectivity index is 2.02. The molecule has 0 saturated carbocycles. The van der Waals surface area contributed by atoms with Crippen molar-refractivity contribution >= 4 is 23.6 Å². The van der Waals surface area contributed by atoms with E-state index >= 15 is 0 Å². The molecule has 2 N–H and O–H groups in total. The van der Waals surface area contributed by atoms with Gasteiger partial charge in [-0.2, -0.15) is 13.9 Å². The Bertz CT molecular complexity index is 770. The third-order valence-corrected chi connectivity index (χ3v) is 2.93. The van der Waals surface area contributed by atoms with Gasteiger partial charge in [0, 0.05) is 13.1 Å². The summed E-state index contributed by atoms with van der Waals surface area (Å²) in [6.07, 6.45) is 3.85. The summed E-state index contributed by atoms with van der Waals surface area (Å²) in [5.74, 6) is -1.77. The van der Waals surface area contributed by atoms with E-state index in [1.54, 1.807) is 0 Å². The normalized spacial score (nSPS) is 11.0. The van der Waals surface area contributed by atoms with E-state index in [9.17, 15) is 18.4 Å². The monoisotopic (exact) mass is 337 g/mol. The number of rotatable bonds is 6. The van der Waals surface area contributed by atoms with Crippen LogP contribution in [0, 0.1) is 0 Å². The number of amides is 1. The molecule has 2 rings (SSSR count). The van der Waals surface area contributed by atoms with Gasteiger partial charge in [-0.15, -0.1) is 0 Å². The van der Waals surface area contributed by atoms with Crippen molar-refractivity contribution in [3.63, 3.8) is 0 Å². The first-order chi connectivity index (χ1) is 11.4. The SMILES string of the molecule is Cn1ncc(NC(=O)/C=C\c2ccc(OC(F)F)cc2)c1C(=O)O. The number of carbonyl (C=O) groups is 2. The predicted octanol–water partition coefficient (Wildman–Crippen LogP) is 2.37. The van der Waals surface area contributed by atoms with Crippen LogP contribution in [-0.2, 0) is 11.8 Å². The number of carboxylic acids is 1. The van der Waals surface area contributed by atoms with Crippen molar-refractivity contribution in [2.45, 2.75) is 6.61 Å². The average Bonchev–Trinajstić information content (AvgIpc) is 2.86. The summed E-state index contributed by atoms with van der Waals surface area (Å²) in [5.41, 5.74) is 0.502. The number of anilines is 1. The zero-order valence-electron chi connectivity index (χ0n) is 12.4. The van der Waals surface area contributed by atoms with Crippen LogP contribution >= 0.6 is 0 Å². The summed E-state index contributed by atoms with van der Waals surface area (Å²) in [6, 6.07) is 5.67. The van der Waals surface area contributed by atoms with Crippen LogP contribution in [0.2, 0.25) is 0 Å². The fraction of sp³-hybridized carbons (Fsp3) is 0.133. The molecule has 24 heavy (non-hydrogen) atoms. The minimum Gasteiger partial charge on any atom is -0.476 e. The molecule has 9 heteroatoms. The Kier molecular flexibility index (Phi) is 5.25. The fourth-order valence-electron chi connectivity index (χ4n) is 1.89. The zero-order chi connectivity index (χ0) is 17.7. The highest BCUT2D eigenvalue weighted by atomic mass is 19.3. The van der Waals surface area contributed by atoms with Gasteiger partial charge in [-0.25, -0.2) is 4.79 Å². The first-order valence-electron chi connectivity index (χ1n) is 6.66. The van der Waals surface area contributed by atoms with Gasteiger partial charge in [-0.1, -0.05) is 12.1 Å². The van der Waals surface area contributed by atoms with Crippen LogP contribution < -0.4 is 10.1 Å². The predicted molar refractivity (Wildman–Crippen MR) is 80.9 cm³/mol. The van der Waals surface area contributed by atoms with Gasteiger partial charge in [0.05, 0.1) is 11.9 Å². The molecule has 0 radical (unpaired) electrons. The highest BCUT2D eigenvalue weighted by molar-refractivity contribution is 6.05. The van der Waals surface area contributed by atoms with Gasteiger partial charge in [-0.3, -0.25) is 9.48 Å². The lowest BCUT2D eigenvalue weighted by Crippen LogP contribution is -2.13. The van der Waals surface area contributed by atoms with Gasteiger partial charge in [0.15, 0.2) is 5.69 Å². The van der Waals surface area contributed by atoms with Crippen molar-refractivity contribution in [1.82, 2.24) is 9.78 Å². The van der Waals surface area contributed by atoms with Gasteiger partial charge < -0.3 is 15.2 Å². The molecular weight excluding hydrogens is 324 g/mol. The number of alkyl halides is 2. The Morgan fingerprint density at radius 3 is 2.58 bits per heavy atom. The molecule has 0 spiro atoms. The second-order valence-electron chi connectivity index (χ2n) is 4.61. The summed E-state index contributed by atoms with van der Waals surface area (Å²) in [4.78, 5) is 22.9. The first kappa shape index (κ1) is 17.1. The molecule has 0 saturated heterocycles. The van der Waals surface area contributed by atoms with Crippen molar-refractivity contribution in [3.8, 4) is 5.75 Å². The third-order valence-electron chi connectivity index (χ3n) is 2.93. The van der Waals surface area contributed by atoms with Crippen molar-refractivity contribution < 1.29 is 28.2 Å². The van der Waals surface area contributed by atoms with Crippen LogP contribution in [0.15, 0.2) is 36.5 Å². The van der Waals surface area contributed by atoms with E-state index < -0.39 is 18.5 Å². The second-order valence-corrected chi connectivity index (χ2v) is 4.61. The number of aryl methyl sites for hydroxylation is 1. The smallest absolute Gasteiger partial charge is 0.387 e. The molecule has 1 heterocycles. The first-order valence-corrected chi connectivity index (χ1v) is 6.66. The van der Waals surface area contributed by atoms with E-state index in [-0.39, 0.29) is 17.1 Å². The van der Waals surface area contributed by atoms with E-state index in [4.69, 9.17) is 5.11 Å². The van der Waals surface area contributed by atoms with Gasteiger partial charge in [0.25, 0.3) is 0 Å². The number of aromatic nitrogens is 2.